The second-order valence-corrected chi connectivity index (χ2v) is 8.12. The van der Waals surface area contributed by atoms with Crippen LogP contribution in [0.5, 0.6) is 0 Å². The van der Waals surface area contributed by atoms with Crippen LogP contribution in [0.3, 0.4) is 0 Å². The molecule has 3 rings (SSSR count). The molecule has 1 heterocycles. The van der Waals surface area contributed by atoms with Gasteiger partial charge in [-0.25, -0.2) is 4.99 Å². The fourth-order valence-electron chi connectivity index (χ4n) is 3.28. The summed E-state index contributed by atoms with van der Waals surface area (Å²) in [5.74, 6) is 0.703. The van der Waals surface area contributed by atoms with Gasteiger partial charge in [0.15, 0.2) is 0 Å². The molecule has 1 aliphatic heterocycles. The van der Waals surface area contributed by atoms with Gasteiger partial charge in [0.1, 0.15) is 0 Å². The maximum atomic E-state index is 12.9. The van der Waals surface area contributed by atoms with Crippen molar-refractivity contribution in [2.24, 2.45) is 4.99 Å². The number of nitrogens with one attached hydrogen (secondary N) is 2. The number of carbonyl (C=O) groups excluding carboxylic acids is 1. The molecule has 0 aliphatic carbocycles. The SMILES string of the molecule is CC(C)c1ccc(NC(=NC[C@@H]2CCCO2)NC(=O)c2cccc(N(C)C)c2)cc1. The Balaban J connectivity index is 1.75. The second-order valence-electron chi connectivity index (χ2n) is 8.12. The normalized spacial score (nSPS) is 16.6. The van der Waals surface area contributed by atoms with Crippen molar-refractivity contribution in [3.05, 3.63) is 59.7 Å². The zero-order valence-electron chi connectivity index (χ0n) is 18.3. The first-order chi connectivity index (χ1) is 14.4. The molecule has 0 aromatic heterocycles. The molecule has 0 unspecified atom stereocenters. The predicted molar refractivity (Wildman–Crippen MR) is 124 cm³/mol. The van der Waals surface area contributed by atoms with Crippen LogP contribution in [0.25, 0.3) is 0 Å². The summed E-state index contributed by atoms with van der Waals surface area (Å²) in [6, 6.07) is 15.7. The van der Waals surface area contributed by atoms with Crippen molar-refractivity contribution in [3.63, 3.8) is 0 Å². The number of hydrogen-bond donors (Lipinski definition) is 2. The van der Waals surface area contributed by atoms with Crippen molar-refractivity contribution in [2.45, 2.75) is 38.7 Å². The fourth-order valence-corrected chi connectivity index (χ4v) is 3.28. The smallest absolute Gasteiger partial charge is 0.258 e. The minimum atomic E-state index is -0.198. The van der Waals surface area contributed by atoms with E-state index in [0.29, 0.717) is 24.0 Å². The molecule has 6 nitrogen and oxygen atoms in total. The van der Waals surface area contributed by atoms with Crippen molar-refractivity contribution in [3.8, 4) is 0 Å². The van der Waals surface area contributed by atoms with Crippen LogP contribution in [-0.2, 0) is 4.74 Å². The molecule has 2 aromatic carbocycles. The van der Waals surface area contributed by atoms with E-state index in [2.05, 4.69) is 41.6 Å². The minimum absolute atomic E-state index is 0.110. The lowest BCUT2D eigenvalue weighted by Gasteiger charge is -2.16. The molecule has 2 aromatic rings. The van der Waals surface area contributed by atoms with Crippen LogP contribution < -0.4 is 15.5 Å². The zero-order chi connectivity index (χ0) is 21.5. The molecule has 1 atom stereocenters. The van der Waals surface area contributed by atoms with Gasteiger partial charge in [-0.15, -0.1) is 0 Å². The van der Waals surface area contributed by atoms with Gasteiger partial charge in [-0.05, 0) is 54.7 Å². The van der Waals surface area contributed by atoms with E-state index in [4.69, 9.17) is 4.74 Å². The Kier molecular flexibility index (Phi) is 7.46. The third-order valence-electron chi connectivity index (χ3n) is 5.17. The number of amides is 1. The lowest BCUT2D eigenvalue weighted by molar-refractivity contribution is 0.0975. The summed E-state index contributed by atoms with van der Waals surface area (Å²) in [7, 11) is 3.90. The molecule has 1 saturated heterocycles. The predicted octanol–water partition coefficient (Wildman–Crippen LogP) is 4.25. The standard InChI is InChI=1S/C24H32N4O2/c1-17(2)18-10-12-20(13-11-18)26-24(25-16-22-9-6-14-30-22)27-23(29)19-7-5-8-21(15-19)28(3)4/h5,7-8,10-13,15,17,22H,6,9,14,16H2,1-4H3,(H2,25,26,27,29)/t22-/m0/s1. The number of anilines is 2. The summed E-state index contributed by atoms with van der Waals surface area (Å²) in [6.45, 7) is 5.63. The number of ether oxygens (including phenoxy) is 1. The molecule has 160 valence electrons. The van der Waals surface area contributed by atoms with Crippen molar-refractivity contribution in [1.29, 1.82) is 0 Å². The molecular formula is C24H32N4O2. The molecule has 30 heavy (non-hydrogen) atoms. The summed E-state index contributed by atoms with van der Waals surface area (Å²) >= 11 is 0. The lowest BCUT2D eigenvalue weighted by atomic mass is 10.0. The number of carbonyl (C=O) groups is 1. The van der Waals surface area contributed by atoms with Gasteiger partial charge < -0.3 is 15.0 Å². The van der Waals surface area contributed by atoms with Gasteiger partial charge in [-0.3, -0.25) is 10.1 Å². The summed E-state index contributed by atoms with van der Waals surface area (Å²) in [5.41, 5.74) is 3.71. The fraction of sp³-hybridized carbons (Fsp3) is 0.417. The first-order valence-corrected chi connectivity index (χ1v) is 10.5. The molecule has 1 amide bonds. The van der Waals surface area contributed by atoms with Crippen molar-refractivity contribution >= 4 is 23.2 Å². The van der Waals surface area contributed by atoms with E-state index < -0.39 is 0 Å². The Bertz CT molecular complexity index is 869. The average molecular weight is 409 g/mol. The Morgan fingerprint density at radius 1 is 1.20 bits per heavy atom. The highest BCUT2D eigenvalue weighted by atomic mass is 16.5. The van der Waals surface area contributed by atoms with Gasteiger partial charge in [0.05, 0.1) is 12.6 Å². The maximum Gasteiger partial charge on any atom is 0.258 e. The molecule has 0 bridgehead atoms. The van der Waals surface area contributed by atoms with E-state index in [1.165, 1.54) is 5.56 Å². The maximum absolute atomic E-state index is 12.9. The van der Waals surface area contributed by atoms with Gasteiger partial charge in [-0.2, -0.15) is 0 Å². The zero-order valence-corrected chi connectivity index (χ0v) is 18.3. The topological polar surface area (TPSA) is 66.0 Å². The van der Waals surface area contributed by atoms with E-state index >= 15 is 0 Å². The Labute approximate surface area is 179 Å². The summed E-state index contributed by atoms with van der Waals surface area (Å²) in [6.07, 6.45) is 2.17. The molecule has 0 radical (unpaired) electrons. The van der Waals surface area contributed by atoms with E-state index in [9.17, 15) is 4.79 Å². The monoisotopic (exact) mass is 408 g/mol. The van der Waals surface area contributed by atoms with E-state index in [1.807, 2.05) is 49.3 Å². The number of rotatable bonds is 6. The third kappa shape index (κ3) is 6.07. The molecule has 2 N–H and O–H groups in total. The summed E-state index contributed by atoms with van der Waals surface area (Å²) in [5, 5.41) is 6.19. The van der Waals surface area contributed by atoms with E-state index in [-0.39, 0.29) is 12.0 Å². The molecular weight excluding hydrogens is 376 g/mol. The van der Waals surface area contributed by atoms with E-state index in [1.54, 1.807) is 6.07 Å². The van der Waals surface area contributed by atoms with Crippen LogP contribution in [-0.4, -0.2) is 45.2 Å². The third-order valence-corrected chi connectivity index (χ3v) is 5.17. The first-order valence-electron chi connectivity index (χ1n) is 10.5. The molecule has 0 saturated carbocycles. The van der Waals surface area contributed by atoms with Gasteiger partial charge >= 0.3 is 0 Å². The largest absolute Gasteiger partial charge is 0.378 e. The first kappa shape index (κ1) is 21.8. The van der Waals surface area contributed by atoms with Gasteiger partial charge in [-0.1, -0.05) is 32.0 Å². The second kappa shape index (κ2) is 10.3. The van der Waals surface area contributed by atoms with Crippen LogP contribution in [0.4, 0.5) is 11.4 Å². The number of aliphatic imine (C=N–C) groups is 1. The molecule has 6 heteroatoms. The highest BCUT2D eigenvalue weighted by Crippen LogP contribution is 2.18. The highest BCUT2D eigenvalue weighted by molar-refractivity contribution is 6.10. The Morgan fingerprint density at radius 3 is 2.60 bits per heavy atom. The van der Waals surface area contributed by atoms with Crippen LogP contribution in [0.2, 0.25) is 0 Å². The quantitative estimate of drug-likeness (QED) is 0.554. The minimum Gasteiger partial charge on any atom is -0.378 e. The lowest BCUT2D eigenvalue weighted by Crippen LogP contribution is -2.36. The van der Waals surface area contributed by atoms with Crippen molar-refractivity contribution in [2.75, 3.05) is 37.5 Å². The number of benzene rings is 2. The molecule has 0 spiro atoms. The molecule has 1 aliphatic rings. The van der Waals surface area contributed by atoms with Crippen LogP contribution in [0.15, 0.2) is 53.5 Å². The Morgan fingerprint density at radius 2 is 1.97 bits per heavy atom. The van der Waals surface area contributed by atoms with Crippen LogP contribution in [0.1, 0.15) is 48.5 Å². The number of guanidine groups is 1. The van der Waals surface area contributed by atoms with Gasteiger partial charge in [0.25, 0.3) is 5.91 Å². The number of hydrogen-bond acceptors (Lipinski definition) is 4. The van der Waals surface area contributed by atoms with Crippen LogP contribution >= 0.6 is 0 Å². The highest BCUT2D eigenvalue weighted by Gasteiger charge is 2.16. The summed E-state index contributed by atoms with van der Waals surface area (Å²) < 4.78 is 5.67. The van der Waals surface area contributed by atoms with E-state index in [0.717, 1.165) is 30.8 Å². The Hall–Kier alpha value is -2.86. The van der Waals surface area contributed by atoms with Crippen LogP contribution in [0, 0.1) is 0 Å². The van der Waals surface area contributed by atoms with Crippen molar-refractivity contribution in [1.82, 2.24) is 5.32 Å². The van der Waals surface area contributed by atoms with Crippen molar-refractivity contribution < 1.29 is 9.53 Å². The average Bonchev–Trinajstić information content (AvgIpc) is 3.26. The summed E-state index contributed by atoms with van der Waals surface area (Å²) in [4.78, 5) is 19.5. The van der Waals surface area contributed by atoms with Gasteiger partial charge in [0, 0.05) is 37.6 Å². The number of nitrogens with zero attached hydrogens (tertiary/aromatic N) is 2. The van der Waals surface area contributed by atoms with Gasteiger partial charge in [0.2, 0.25) is 5.96 Å². The molecule has 1 fully saturated rings.